The quantitative estimate of drug-likeness (QED) is 0.520. The molecule has 2 aromatic carbocycles. The largest absolute Gasteiger partial charge is 0.486 e. The molecule has 7 nitrogen and oxygen atoms in total. The number of amides is 1. The predicted molar refractivity (Wildman–Crippen MR) is 102 cm³/mol. The van der Waals surface area contributed by atoms with Crippen molar-refractivity contribution in [3.8, 4) is 11.5 Å². The van der Waals surface area contributed by atoms with Gasteiger partial charge in [-0.1, -0.05) is 11.6 Å². The molecule has 1 aliphatic heterocycles. The minimum atomic E-state index is -0.456. The van der Waals surface area contributed by atoms with Crippen molar-refractivity contribution >= 4 is 44.6 Å². The van der Waals surface area contributed by atoms with Gasteiger partial charge >= 0.3 is 0 Å². The first-order chi connectivity index (χ1) is 13.0. The molecule has 4 rings (SSSR count). The molecule has 3 aromatic rings. The fourth-order valence-corrected chi connectivity index (χ4v) is 4.04. The number of fused-ring (bicyclic) bond motifs is 2. The van der Waals surface area contributed by atoms with E-state index in [-0.39, 0.29) is 18.1 Å². The van der Waals surface area contributed by atoms with E-state index in [4.69, 9.17) is 21.1 Å². The molecule has 1 aromatic heterocycles. The fraction of sp³-hybridized carbons (Fsp3) is 0.167. The second-order valence-corrected chi connectivity index (χ2v) is 7.37. The van der Waals surface area contributed by atoms with Gasteiger partial charge in [0.05, 0.1) is 14.8 Å². The summed E-state index contributed by atoms with van der Waals surface area (Å²) in [5.74, 6) is 0.820. The summed E-state index contributed by atoms with van der Waals surface area (Å²) in [4.78, 5) is 23.4. The normalized spacial score (nSPS) is 12.8. The van der Waals surface area contributed by atoms with Crippen LogP contribution >= 0.6 is 22.9 Å². The van der Waals surface area contributed by atoms with Crippen LogP contribution in [-0.4, -0.2) is 24.0 Å². The zero-order valence-corrected chi connectivity index (χ0v) is 15.4. The van der Waals surface area contributed by atoms with Crippen LogP contribution in [0.4, 0.5) is 5.69 Å². The smallest absolute Gasteiger partial charge is 0.270 e. The number of nitrogens with one attached hydrogen (secondary N) is 1. The number of non-ortho nitro benzene ring substituents is 1. The molecule has 2 heterocycles. The topological polar surface area (TPSA) is 90.7 Å². The van der Waals surface area contributed by atoms with Gasteiger partial charge in [0.25, 0.3) is 11.6 Å². The molecule has 1 N–H and O–H groups in total. The van der Waals surface area contributed by atoms with Gasteiger partial charge in [0.1, 0.15) is 13.2 Å². The van der Waals surface area contributed by atoms with Gasteiger partial charge in [-0.05, 0) is 29.8 Å². The molecular weight excluding hydrogens is 392 g/mol. The Bertz CT molecular complexity index is 1070. The minimum Gasteiger partial charge on any atom is -0.486 e. The van der Waals surface area contributed by atoms with Crippen LogP contribution in [0.2, 0.25) is 5.02 Å². The van der Waals surface area contributed by atoms with E-state index < -0.39 is 4.92 Å². The molecule has 0 fully saturated rings. The highest BCUT2D eigenvalue weighted by molar-refractivity contribution is 7.20. The van der Waals surface area contributed by atoms with Gasteiger partial charge in [-0.25, -0.2) is 0 Å². The van der Waals surface area contributed by atoms with Crippen LogP contribution in [0.25, 0.3) is 10.1 Å². The van der Waals surface area contributed by atoms with Gasteiger partial charge in [0, 0.05) is 28.8 Å². The Kier molecular flexibility index (Phi) is 4.59. The molecule has 0 unspecified atom stereocenters. The number of nitro benzene ring substituents is 1. The van der Waals surface area contributed by atoms with Crippen molar-refractivity contribution in [3.63, 3.8) is 0 Å². The molecule has 1 amide bonds. The molecule has 27 heavy (non-hydrogen) atoms. The van der Waals surface area contributed by atoms with E-state index in [1.807, 2.05) is 0 Å². The molecule has 1 aliphatic rings. The van der Waals surface area contributed by atoms with E-state index in [9.17, 15) is 14.9 Å². The zero-order chi connectivity index (χ0) is 19.0. The summed E-state index contributed by atoms with van der Waals surface area (Å²) < 4.78 is 11.8. The standard InChI is InChI=1S/C18H13ClN2O5S/c19-13-5-10(6-14-17(13)26-4-3-25-14)9-20-18(22)16-8-11-7-12(21(23)24)1-2-15(11)27-16/h1-2,5-8H,3-4,9H2,(H,20,22). The maximum absolute atomic E-state index is 12.5. The lowest BCUT2D eigenvalue weighted by molar-refractivity contribution is -0.384. The number of ether oxygens (including phenoxy) is 2. The number of carbonyl (C=O) groups excluding carboxylic acids is 1. The van der Waals surface area contributed by atoms with Crippen molar-refractivity contribution < 1.29 is 19.2 Å². The third kappa shape index (κ3) is 3.54. The van der Waals surface area contributed by atoms with Crippen molar-refractivity contribution in [2.24, 2.45) is 0 Å². The Morgan fingerprint density at radius 3 is 2.85 bits per heavy atom. The Morgan fingerprint density at radius 1 is 1.22 bits per heavy atom. The van der Waals surface area contributed by atoms with E-state index in [2.05, 4.69) is 5.32 Å². The van der Waals surface area contributed by atoms with Crippen LogP contribution in [0.15, 0.2) is 36.4 Å². The summed E-state index contributed by atoms with van der Waals surface area (Å²) in [5, 5.41) is 14.8. The molecule has 0 saturated carbocycles. The van der Waals surface area contributed by atoms with Gasteiger partial charge in [-0.3, -0.25) is 14.9 Å². The van der Waals surface area contributed by atoms with Gasteiger partial charge in [-0.15, -0.1) is 11.3 Å². The molecule has 9 heteroatoms. The summed E-state index contributed by atoms with van der Waals surface area (Å²) in [6.45, 7) is 1.17. The lowest BCUT2D eigenvalue weighted by Gasteiger charge is -2.20. The number of carbonyl (C=O) groups is 1. The Morgan fingerprint density at radius 2 is 2.04 bits per heavy atom. The summed E-state index contributed by atoms with van der Waals surface area (Å²) in [6.07, 6.45) is 0. The Hall–Kier alpha value is -2.84. The van der Waals surface area contributed by atoms with Gasteiger partial charge in [-0.2, -0.15) is 0 Å². The maximum Gasteiger partial charge on any atom is 0.270 e. The van der Waals surface area contributed by atoms with Gasteiger partial charge in [0.15, 0.2) is 11.5 Å². The van der Waals surface area contributed by atoms with Crippen molar-refractivity contribution in [1.29, 1.82) is 0 Å². The predicted octanol–water partition coefficient (Wildman–Crippen LogP) is 4.16. The highest BCUT2D eigenvalue weighted by Gasteiger charge is 2.18. The van der Waals surface area contributed by atoms with E-state index in [0.29, 0.717) is 40.0 Å². The Balaban J connectivity index is 1.50. The number of nitrogens with zero attached hydrogens (tertiary/aromatic N) is 1. The van der Waals surface area contributed by atoms with Crippen molar-refractivity contribution in [1.82, 2.24) is 5.32 Å². The molecule has 0 saturated heterocycles. The molecule has 0 aliphatic carbocycles. The molecular formula is C18H13ClN2O5S. The van der Waals surface area contributed by atoms with Crippen LogP contribution in [0, 0.1) is 10.1 Å². The van der Waals surface area contributed by atoms with E-state index >= 15 is 0 Å². The SMILES string of the molecule is O=C(NCc1cc(Cl)c2c(c1)OCCO2)c1cc2cc([N+](=O)[O-])ccc2s1. The second-order valence-electron chi connectivity index (χ2n) is 5.87. The van der Waals surface area contributed by atoms with Gasteiger partial charge < -0.3 is 14.8 Å². The van der Waals surface area contributed by atoms with E-state index in [0.717, 1.165) is 10.3 Å². The van der Waals surface area contributed by atoms with Crippen molar-refractivity contribution in [2.75, 3.05) is 13.2 Å². The van der Waals surface area contributed by atoms with Gasteiger partial charge in [0.2, 0.25) is 0 Å². The first-order valence-electron chi connectivity index (χ1n) is 8.05. The molecule has 0 bridgehead atoms. The van der Waals surface area contributed by atoms with Crippen LogP contribution in [0.5, 0.6) is 11.5 Å². The Labute approximate surface area is 162 Å². The second kappa shape index (κ2) is 7.05. The maximum atomic E-state index is 12.5. The van der Waals surface area contributed by atoms with Crippen molar-refractivity contribution in [2.45, 2.75) is 6.54 Å². The monoisotopic (exact) mass is 404 g/mol. The number of rotatable bonds is 4. The third-order valence-electron chi connectivity index (χ3n) is 4.04. The van der Waals surface area contributed by atoms with Crippen molar-refractivity contribution in [3.05, 3.63) is 62.0 Å². The zero-order valence-electron chi connectivity index (χ0n) is 13.9. The van der Waals surface area contributed by atoms with E-state index in [1.165, 1.54) is 23.5 Å². The number of thiophene rings is 1. The average molecular weight is 405 g/mol. The van der Waals surface area contributed by atoms with Crippen LogP contribution in [0.1, 0.15) is 15.2 Å². The van der Waals surface area contributed by atoms with Crippen LogP contribution < -0.4 is 14.8 Å². The minimum absolute atomic E-state index is 0.00169. The number of halogens is 1. The summed E-state index contributed by atoms with van der Waals surface area (Å²) in [7, 11) is 0. The molecule has 0 atom stereocenters. The molecule has 0 radical (unpaired) electrons. The molecule has 138 valence electrons. The van der Waals surface area contributed by atoms with Crippen LogP contribution in [0.3, 0.4) is 0 Å². The third-order valence-corrected chi connectivity index (χ3v) is 5.44. The first-order valence-corrected chi connectivity index (χ1v) is 9.25. The summed E-state index contributed by atoms with van der Waals surface area (Å²) >= 11 is 7.48. The van der Waals surface area contributed by atoms with Crippen LogP contribution in [-0.2, 0) is 6.54 Å². The lowest BCUT2D eigenvalue weighted by atomic mass is 10.2. The fourth-order valence-electron chi connectivity index (χ4n) is 2.79. The number of nitro groups is 1. The summed E-state index contributed by atoms with van der Waals surface area (Å²) in [6, 6.07) is 9.70. The summed E-state index contributed by atoms with van der Waals surface area (Å²) in [5.41, 5.74) is 0.785. The first kappa shape index (κ1) is 17.6. The average Bonchev–Trinajstić information content (AvgIpc) is 3.09. The lowest BCUT2D eigenvalue weighted by Crippen LogP contribution is -2.22. The van der Waals surface area contributed by atoms with E-state index in [1.54, 1.807) is 24.3 Å². The highest BCUT2D eigenvalue weighted by atomic mass is 35.5. The highest BCUT2D eigenvalue weighted by Crippen LogP contribution is 2.38. The number of hydrogen-bond acceptors (Lipinski definition) is 6. The number of benzene rings is 2. The molecule has 0 spiro atoms. The number of hydrogen-bond donors (Lipinski definition) is 1.